The molecule has 1 heterocycles. The van der Waals surface area contributed by atoms with Crippen LogP contribution < -0.4 is 27.2 Å². The molecule has 4 nitrogen and oxygen atoms in total. The second-order valence-corrected chi connectivity index (χ2v) is 5.87. The zero-order valence-corrected chi connectivity index (χ0v) is 15.7. The molecule has 3 aromatic rings. The molecule has 0 saturated carbocycles. The van der Waals surface area contributed by atoms with E-state index in [1.807, 2.05) is 36.5 Å². The first-order chi connectivity index (χ1) is 12.7. The van der Waals surface area contributed by atoms with Crippen molar-refractivity contribution < 1.29 is 26.3 Å². The summed E-state index contributed by atoms with van der Waals surface area (Å²) < 4.78 is 24.2. The Labute approximate surface area is 164 Å². The van der Waals surface area contributed by atoms with Gasteiger partial charge in [-0.05, 0) is 47.0 Å². The average Bonchev–Trinajstić information content (AvgIpc) is 2.69. The molecule has 2 aromatic carbocycles. The van der Waals surface area contributed by atoms with Gasteiger partial charge in [-0.2, -0.15) is 0 Å². The second kappa shape index (κ2) is 10.5. The molecular weight excluding hydrogens is 367 g/mol. The van der Waals surface area contributed by atoms with Crippen LogP contribution in [-0.4, -0.2) is 12.1 Å². The summed E-state index contributed by atoms with van der Waals surface area (Å²) in [6.07, 6.45) is 3.61. The maximum absolute atomic E-state index is 13.0. The average molecular weight is 388 g/mol. The summed E-state index contributed by atoms with van der Waals surface area (Å²) in [4.78, 5) is 4.10. The van der Waals surface area contributed by atoms with Crippen LogP contribution in [0.5, 0.6) is 11.5 Å². The minimum Gasteiger partial charge on any atom is -1.00 e. The first kappa shape index (κ1) is 20.7. The Balaban J connectivity index is 0.00000261. The fourth-order valence-electron chi connectivity index (χ4n) is 2.54. The van der Waals surface area contributed by atoms with Crippen molar-refractivity contribution in [3.8, 4) is 11.5 Å². The van der Waals surface area contributed by atoms with Crippen LogP contribution >= 0.6 is 0 Å². The normalized spacial score (nSPS) is 10.1. The Kier molecular flexibility index (Phi) is 8.04. The molecule has 0 bridgehead atoms. The highest BCUT2D eigenvalue weighted by atomic mass is 35.5. The van der Waals surface area contributed by atoms with E-state index in [0.717, 1.165) is 23.2 Å². The number of ether oxygens (including phenoxy) is 2. The Morgan fingerprint density at radius 3 is 2.37 bits per heavy atom. The lowest BCUT2D eigenvalue weighted by Crippen LogP contribution is -3.00. The predicted octanol–water partition coefficient (Wildman–Crippen LogP) is 1.10. The van der Waals surface area contributed by atoms with E-state index < -0.39 is 0 Å². The van der Waals surface area contributed by atoms with Gasteiger partial charge in [-0.1, -0.05) is 24.3 Å². The quantitative estimate of drug-likeness (QED) is 0.628. The molecule has 0 spiro atoms. The van der Waals surface area contributed by atoms with Crippen molar-refractivity contribution in [1.29, 1.82) is 0 Å². The Hall–Kier alpha value is -2.63. The van der Waals surface area contributed by atoms with E-state index in [2.05, 4.69) is 10.3 Å². The van der Waals surface area contributed by atoms with E-state index in [9.17, 15) is 4.39 Å². The summed E-state index contributed by atoms with van der Waals surface area (Å²) in [7, 11) is 1.62. The van der Waals surface area contributed by atoms with Gasteiger partial charge in [0, 0.05) is 25.5 Å². The van der Waals surface area contributed by atoms with Gasteiger partial charge in [0.2, 0.25) is 0 Å². The van der Waals surface area contributed by atoms with Crippen LogP contribution in [0, 0.1) is 5.82 Å². The van der Waals surface area contributed by atoms with Crippen molar-refractivity contribution in [2.75, 3.05) is 7.11 Å². The molecular formula is C21H21ClFN2O2-. The molecule has 3 rings (SSSR count). The zero-order valence-electron chi connectivity index (χ0n) is 15.0. The maximum atomic E-state index is 13.0. The van der Waals surface area contributed by atoms with E-state index in [1.54, 1.807) is 25.4 Å². The molecule has 1 aromatic heterocycles. The number of rotatable bonds is 8. The Morgan fingerprint density at radius 1 is 0.926 bits per heavy atom. The van der Waals surface area contributed by atoms with E-state index in [0.29, 0.717) is 24.7 Å². The van der Waals surface area contributed by atoms with Crippen molar-refractivity contribution in [2.45, 2.75) is 19.7 Å². The third kappa shape index (κ3) is 6.24. The van der Waals surface area contributed by atoms with Crippen LogP contribution in [0.25, 0.3) is 0 Å². The Bertz CT molecular complexity index is 829. The van der Waals surface area contributed by atoms with Gasteiger partial charge in [0.15, 0.2) is 11.5 Å². The van der Waals surface area contributed by atoms with Crippen LogP contribution in [0.4, 0.5) is 4.39 Å². The number of aromatic nitrogens is 1. The van der Waals surface area contributed by atoms with Crippen LogP contribution in [0.15, 0.2) is 67.0 Å². The highest BCUT2D eigenvalue weighted by Crippen LogP contribution is 2.29. The Morgan fingerprint density at radius 2 is 1.67 bits per heavy atom. The number of halogens is 2. The molecule has 0 unspecified atom stereocenters. The van der Waals surface area contributed by atoms with Crippen LogP contribution in [-0.2, 0) is 19.7 Å². The monoisotopic (exact) mass is 387 g/mol. The molecule has 0 aliphatic rings. The van der Waals surface area contributed by atoms with Crippen LogP contribution in [0.3, 0.4) is 0 Å². The third-order valence-corrected chi connectivity index (χ3v) is 3.92. The first-order valence-corrected chi connectivity index (χ1v) is 8.38. The molecule has 0 atom stereocenters. The summed E-state index contributed by atoms with van der Waals surface area (Å²) in [5, 5.41) is 3.38. The van der Waals surface area contributed by atoms with Crippen molar-refractivity contribution in [3.63, 3.8) is 0 Å². The van der Waals surface area contributed by atoms with Crippen molar-refractivity contribution in [1.82, 2.24) is 10.3 Å². The molecule has 1 N–H and O–H groups in total. The minimum absolute atomic E-state index is 0. The fourth-order valence-corrected chi connectivity index (χ4v) is 2.54. The number of nitrogens with one attached hydrogen (secondary N) is 1. The molecule has 6 heteroatoms. The topological polar surface area (TPSA) is 43.4 Å². The number of benzene rings is 2. The first-order valence-electron chi connectivity index (χ1n) is 8.38. The van der Waals surface area contributed by atoms with Crippen molar-refractivity contribution in [3.05, 3.63) is 89.5 Å². The molecule has 0 saturated heterocycles. The van der Waals surface area contributed by atoms with Gasteiger partial charge in [-0.15, -0.1) is 0 Å². The number of methoxy groups -OCH3 is 1. The van der Waals surface area contributed by atoms with E-state index >= 15 is 0 Å². The summed E-state index contributed by atoms with van der Waals surface area (Å²) in [5.41, 5.74) is 3.13. The van der Waals surface area contributed by atoms with Crippen LogP contribution in [0.2, 0.25) is 0 Å². The van der Waals surface area contributed by atoms with Gasteiger partial charge in [0.05, 0.1) is 7.11 Å². The number of hydrogen-bond acceptors (Lipinski definition) is 4. The highest BCUT2D eigenvalue weighted by molar-refractivity contribution is 5.43. The molecule has 27 heavy (non-hydrogen) atoms. The van der Waals surface area contributed by atoms with Gasteiger partial charge >= 0.3 is 0 Å². The minimum atomic E-state index is -0.255. The second-order valence-electron chi connectivity index (χ2n) is 5.87. The van der Waals surface area contributed by atoms with E-state index in [4.69, 9.17) is 9.47 Å². The highest BCUT2D eigenvalue weighted by Gasteiger charge is 2.07. The lowest BCUT2D eigenvalue weighted by atomic mass is 10.2. The van der Waals surface area contributed by atoms with Crippen LogP contribution in [0.1, 0.15) is 16.7 Å². The standard InChI is InChI=1S/C21H21FN2O2.ClH/c1-25-21-11-17(12-24-14-18-3-2-10-23-13-18)6-9-20(21)26-15-16-4-7-19(22)8-5-16;/h2-11,13,24H,12,14-15H2,1H3;1H/p-1. The lowest BCUT2D eigenvalue weighted by molar-refractivity contribution is -0.00000652. The largest absolute Gasteiger partial charge is 1.00 e. The van der Waals surface area contributed by atoms with Gasteiger partial charge in [-0.25, -0.2) is 4.39 Å². The molecule has 0 fully saturated rings. The zero-order chi connectivity index (χ0) is 18.2. The van der Waals surface area contributed by atoms with Gasteiger partial charge in [0.25, 0.3) is 0 Å². The smallest absolute Gasteiger partial charge is 0.161 e. The molecule has 142 valence electrons. The summed E-state index contributed by atoms with van der Waals surface area (Å²) >= 11 is 0. The lowest BCUT2D eigenvalue weighted by Gasteiger charge is -2.13. The van der Waals surface area contributed by atoms with Gasteiger partial charge in [-0.3, -0.25) is 4.98 Å². The van der Waals surface area contributed by atoms with Gasteiger partial charge < -0.3 is 27.2 Å². The predicted molar refractivity (Wildman–Crippen MR) is 98.5 cm³/mol. The van der Waals surface area contributed by atoms with Gasteiger partial charge in [0.1, 0.15) is 12.4 Å². The SMILES string of the molecule is COc1cc(CNCc2cccnc2)ccc1OCc1ccc(F)cc1.[Cl-]. The molecule has 0 aliphatic heterocycles. The summed E-state index contributed by atoms with van der Waals surface area (Å²) in [6, 6.07) is 16.1. The fraction of sp³-hybridized carbons (Fsp3) is 0.190. The van der Waals surface area contributed by atoms with Crippen molar-refractivity contribution >= 4 is 0 Å². The van der Waals surface area contributed by atoms with Crippen molar-refractivity contribution in [2.24, 2.45) is 0 Å². The van der Waals surface area contributed by atoms with E-state index in [-0.39, 0.29) is 18.2 Å². The maximum Gasteiger partial charge on any atom is 0.161 e. The number of pyridine rings is 1. The molecule has 0 amide bonds. The number of hydrogen-bond donors (Lipinski definition) is 1. The number of nitrogens with zero attached hydrogens (tertiary/aromatic N) is 1. The summed E-state index contributed by atoms with van der Waals surface area (Å²) in [6.45, 7) is 1.82. The molecule has 0 aliphatic carbocycles. The molecule has 0 radical (unpaired) electrons. The van der Waals surface area contributed by atoms with E-state index in [1.165, 1.54) is 12.1 Å². The summed E-state index contributed by atoms with van der Waals surface area (Å²) in [5.74, 6) is 1.08. The third-order valence-electron chi connectivity index (χ3n) is 3.92.